The van der Waals surface area contributed by atoms with E-state index in [0.717, 1.165) is 42.0 Å². The van der Waals surface area contributed by atoms with E-state index in [1.54, 1.807) is 12.1 Å². The van der Waals surface area contributed by atoms with Gasteiger partial charge >= 0.3 is 6.18 Å². The molecule has 9 heteroatoms. The van der Waals surface area contributed by atoms with Crippen molar-refractivity contribution in [3.8, 4) is 11.3 Å². The summed E-state index contributed by atoms with van der Waals surface area (Å²) in [6, 6.07) is 17.2. The second-order valence-electron chi connectivity index (χ2n) is 14.8. The topological polar surface area (TPSA) is 63.1 Å². The molecule has 0 bridgehead atoms. The van der Waals surface area contributed by atoms with Crippen molar-refractivity contribution < 1.29 is 43.2 Å². The zero-order chi connectivity index (χ0) is 36.0. The fourth-order valence-corrected chi connectivity index (χ4v) is 7.62. The van der Waals surface area contributed by atoms with E-state index in [9.17, 15) is 23.1 Å². The van der Waals surface area contributed by atoms with Crippen LogP contribution >= 0.6 is 0 Å². The molecule has 4 rings (SSSR count). The maximum absolute atomic E-state index is 14.3. The Morgan fingerprint density at radius 3 is 2.02 bits per heavy atom. The molecule has 0 unspecified atom stereocenters. The number of fused-ring (bicyclic) bond motifs is 2. The van der Waals surface area contributed by atoms with E-state index < -0.39 is 19.8 Å². The number of halogens is 3. The summed E-state index contributed by atoms with van der Waals surface area (Å²) < 4.78 is 42.8. The molecule has 0 atom stereocenters. The molecule has 0 aliphatic rings. The maximum atomic E-state index is 14.3. The molecule has 49 heavy (non-hydrogen) atoms. The van der Waals surface area contributed by atoms with Crippen molar-refractivity contribution in [2.75, 3.05) is 0 Å². The summed E-state index contributed by atoms with van der Waals surface area (Å²) in [6.45, 7) is 20.7. The van der Waals surface area contributed by atoms with Crippen molar-refractivity contribution in [2.24, 2.45) is 11.8 Å². The van der Waals surface area contributed by atoms with Crippen LogP contribution in [0.25, 0.3) is 32.9 Å². The summed E-state index contributed by atoms with van der Waals surface area (Å²) in [6.07, 6.45) is 1.65. The predicted molar refractivity (Wildman–Crippen MR) is 196 cm³/mol. The van der Waals surface area contributed by atoms with Gasteiger partial charge in [-0.2, -0.15) is 13.2 Å². The number of aliphatic hydroxyl groups excluding tert-OH is 1. The van der Waals surface area contributed by atoms with E-state index in [0.29, 0.717) is 28.3 Å². The van der Waals surface area contributed by atoms with Gasteiger partial charge in [0.15, 0.2) is 5.78 Å². The largest absolute Gasteiger partial charge is 0.512 e. The standard InChI is InChI=1S/C27H28F3N2Si.C13H24O2.Ir/c1-26(2,3)22-14-19(13-17-9-7-8-10-20(17)22)24-21-12-11-18(15-33(4,5)6)23(27(28,29)30)25(21)32-16-31-24;1-5-10(6-2)12(14)9-13(15)11(7-3)8-4;/h7-12,14,16H,15H2,1-6H3;9-11,14H,5-8H2,1-4H3;/q-1;;/b;12-9-;. The van der Waals surface area contributed by atoms with Gasteiger partial charge in [0, 0.05) is 51.8 Å². The van der Waals surface area contributed by atoms with Crippen LogP contribution in [0.1, 0.15) is 90.8 Å². The number of aliphatic hydroxyl groups is 1. The predicted octanol–water partition coefficient (Wildman–Crippen LogP) is 11.9. The molecule has 0 aliphatic heterocycles. The smallest absolute Gasteiger partial charge is 0.418 e. The minimum absolute atomic E-state index is 0. The first-order valence-electron chi connectivity index (χ1n) is 17.1. The molecule has 0 amide bonds. The number of nitrogens with zero attached hydrogens (tertiary/aromatic N) is 2. The summed E-state index contributed by atoms with van der Waals surface area (Å²) in [4.78, 5) is 20.3. The molecule has 0 spiro atoms. The Hall–Kier alpha value is -2.87. The Bertz CT molecular complexity index is 1750. The average Bonchev–Trinajstić information content (AvgIpc) is 2.99. The SMILES string of the molecule is CC(C)(C)c1cc(-c2ncnc3c(C(F)(F)F)c(C[Si](C)(C)C)ccc23)[c-]c2ccccc12.CCC(CC)C(=O)/C=C(\O)C(CC)CC.[Ir]. The van der Waals surface area contributed by atoms with Crippen molar-refractivity contribution in [3.63, 3.8) is 0 Å². The molecule has 3 aromatic carbocycles. The third-order valence-corrected chi connectivity index (χ3v) is 10.3. The van der Waals surface area contributed by atoms with Gasteiger partial charge in [-0.3, -0.25) is 9.78 Å². The monoisotopic (exact) mass is 870 g/mol. The second-order valence-corrected chi connectivity index (χ2v) is 20.3. The van der Waals surface area contributed by atoms with Crippen molar-refractivity contribution in [2.45, 2.75) is 111 Å². The fourth-order valence-electron chi connectivity index (χ4n) is 6.18. The minimum Gasteiger partial charge on any atom is -0.512 e. The number of hydrogen-bond donors (Lipinski definition) is 1. The van der Waals surface area contributed by atoms with Gasteiger partial charge in [0.1, 0.15) is 6.33 Å². The summed E-state index contributed by atoms with van der Waals surface area (Å²) in [7, 11) is -1.78. The van der Waals surface area contributed by atoms with Crippen LogP contribution in [-0.4, -0.2) is 28.9 Å². The van der Waals surface area contributed by atoms with Gasteiger partial charge in [-0.05, 0) is 48.1 Å². The first-order chi connectivity index (χ1) is 22.4. The van der Waals surface area contributed by atoms with Crippen LogP contribution in [0.2, 0.25) is 19.6 Å². The molecule has 1 N–H and O–H groups in total. The quantitative estimate of drug-likeness (QED) is 0.0746. The first kappa shape index (κ1) is 42.3. The maximum Gasteiger partial charge on any atom is 0.418 e. The molecule has 0 fully saturated rings. The number of ketones is 1. The number of allylic oxidation sites excluding steroid dienone is 2. The van der Waals surface area contributed by atoms with Crippen LogP contribution in [0.15, 0.2) is 60.6 Å². The van der Waals surface area contributed by atoms with E-state index in [2.05, 4.69) is 62.5 Å². The number of carbonyl (C=O) groups excluding carboxylic acids is 1. The number of hydrogen-bond acceptors (Lipinski definition) is 4. The fraction of sp³-hybridized carbons (Fsp3) is 0.475. The Morgan fingerprint density at radius 2 is 1.49 bits per heavy atom. The van der Waals surface area contributed by atoms with Crippen molar-refractivity contribution in [1.82, 2.24) is 9.97 Å². The molecule has 0 saturated carbocycles. The van der Waals surface area contributed by atoms with E-state index in [-0.39, 0.29) is 54.4 Å². The van der Waals surface area contributed by atoms with Gasteiger partial charge < -0.3 is 5.11 Å². The first-order valence-corrected chi connectivity index (χ1v) is 20.8. The Kier molecular flexibility index (Phi) is 15.0. The molecule has 1 heterocycles. The molecular formula is C40H52F3IrN2O2Si-. The number of carbonyl (C=O) groups is 1. The third-order valence-electron chi connectivity index (χ3n) is 8.82. The molecule has 0 saturated heterocycles. The van der Waals surface area contributed by atoms with Crippen LogP contribution in [0.5, 0.6) is 0 Å². The van der Waals surface area contributed by atoms with Gasteiger partial charge in [0.25, 0.3) is 0 Å². The van der Waals surface area contributed by atoms with Crippen molar-refractivity contribution in [3.05, 3.63) is 83.4 Å². The van der Waals surface area contributed by atoms with Crippen LogP contribution in [0, 0.1) is 17.9 Å². The summed E-state index contributed by atoms with van der Waals surface area (Å²) >= 11 is 0. The second kappa shape index (κ2) is 17.4. The molecule has 0 aliphatic carbocycles. The van der Waals surface area contributed by atoms with Gasteiger partial charge in [-0.25, -0.2) is 4.98 Å². The van der Waals surface area contributed by atoms with Gasteiger partial charge in [-0.1, -0.05) is 109 Å². The number of benzene rings is 3. The van der Waals surface area contributed by atoms with Gasteiger partial charge in [-0.15, -0.1) is 29.1 Å². The van der Waals surface area contributed by atoms with E-state index in [1.807, 2.05) is 52.0 Å². The average molecular weight is 870 g/mol. The van der Waals surface area contributed by atoms with Crippen LogP contribution < -0.4 is 0 Å². The number of alkyl halides is 3. The Balaban J connectivity index is 0.000000444. The Morgan fingerprint density at radius 1 is 0.898 bits per heavy atom. The Labute approximate surface area is 305 Å². The van der Waals surface area contributed by atoms with E-state index >= 15 is 0 Å². The van der Waals surface area contributed by atoms with Gasteiger partial charge in [0.2, 0.25) is 0 Å². The summed E-state index contributed by atoms with van der Waals surface area (Å²) in [5, 5.41) is 12.2. The molecular weight excluding hydrogens is 818 g/mol. The van der Waals surface area contributed by atoms with Crippen molar-refractivity contribution in [1.29, 1.82) is 0 Å². The molecule has 1 aromatic heterocycles. The van der Waals surface area contributed by atoms with E-state index in [1.165, 1.54) is 12.4 Å². The van der Waals surface area contributed by atoms with Crippen LogP contribution in [-0.2, 0) is 42.5 Å². The molecule has 1 radical (unpaired) electrons. The molecule has 4 aromatic rings. The third kappa shape index (κ3) is 10.8. The molecule has 4 nitrogen and oxygen atoms in total. The zero-order valence-corrected chi connectivity index (χ0v) is 34.0. The van der Waals surface area contributed by atoms with E-state index in [4.69, 9.17) is 0 Å². The van der Waals surface area contributed by atoms with Crippen LogP contribution in [0.4, 0.5) is 13.2 Å². The van der Waals surface area contributed by atoms with Crippen molar-refractivity contribution >= 4 is 35.5 Å². The van der Waals surface area contributed by atoms with Crippen LogP contribution in [0.3, 0.4) is 0 Å². The number of aromatic nitrogens is 2. The number of rotatable bonds is 10. The summed E-state index contributed by atoms with van der Waals surface area (Å²) in [5.74, 6) is 0.547. The van der Waals surface area contributed by atoms with Gasteiger partial charge in [0.05, 0.1) is 16.8 Å². The summed E-state index contributed by atoms with van der Waals surface area (Å²) in [5.41, 5.74) is 1.73. The molecule has 269 valence electrons. The zero-order valence-electron chi connectivity index (χ0n) is 30.6. The normalized spacial score (nSPS) is 12.7. The minimum atomic E-state index is -4.50.